The van der Waals surface area contributed by atoms with Crippen LogP contribution in [0.5, 0.6) is 11.5 Å². The van der Waals surface area contributed by atoms with E-state index in [1.54, 1.807) is 6.07 Å². The summed E-state index contributed by atoms with van der Waals surface area (Å²) < 4.78 is 11.5. The zero-order chi connectivity index (χ0) is 24.3. The number of carbonyl (C=O) groups is 1. The van der Waals surface area contributed by atoms with Crippen LogP contribution in [0.4, 0.5) is 0 Å². The van der Waals surface area contributed by atoms with Crippen LogP contribution in [0, 0.1) is 31.6 Å². The lowest BCUT2D eigenvalue weighted by Crippen LogP contribution is -2.09. The lowest BCUT2D eigenvalue weighted by molar-refractivity contribution is 0.0734. The lowest BCUT2D eigenvalue weighted by atomic mass is 9.96. The highest BCUT2D eigenvalue weighted by molar-refractivity contribution is 5.91. The number of hydrogen-bond donors (Lipinski definition) is 0. The molecule has 3 heteroatoms. The molecule has 0 aromatic heterocycles. The molecule has 35 heavy (non-hydrogen) atoms. The lowest BCUT2D eigenvalue weighted by Gasteiger charge is -2.11. The van der Waals surface area contributed by atoms with Crippen LogP contribution in [0.1, 0.15) is 61.4 Å². The van der Waals surface area contributed by atoms with E-state index in [-0.39, 0.29) is 5.97 Å². The van der Waals surface area contributed by atoms with E-state index in [0.29, 0.717) is 11.3 Å². The van der Waals surface area contributed by atoms with Crippen LogP contribution in [0.15, 0.2) is 72.8 Å². The molecule has 1 fully saturated rings. The van der Waals surface area contributed by atoms with Crippen LogP contribution in [0.25, 0.3) is 11.1 Å². The molecular weight excluding hydrogens is 432 g/mol. The summed E-state index contributed by atoms with van der Waals surface area (Å²) in [6, 6.07) is 23.3. The van der Waals surface area contributed by atoms with Crippen molar-refractivity contribution in [2.45, 2.75) is 45.4 Å². The molecular formula is C32H33O3. The molecule has 0 amide bonds. The Balaban J connectivity index is 1.27. The van der Waals surface area contributed by atoms with E-state index in [9.17, 15) is 4.79 Å². The van der Waals surface area contributed by atoms with Crippen molar-refractivity contribution in [3.05, 3.63) is 116 Å². The molecule has 0 heterocycles. The molecule has 3 aromatic rings. The molecule has 0 N–H and O–H groups in total. The van der Waals surface area contributed by atoms with E-state index in [1.807, 2.05) is 80.3 Å². The molecule has 0 spiro atoms. The second kappa shape index (κ2) is 13.1. The normalized spacial score (nSPS) is 13.6. The average molecular weight is 466 g/mol. The van der Waals surface area contributed by atoms with Crippen molar-refractivity contribution in [2.24, 2.45) is 0 Å². The Hall–Kier alpha value is -3.07. The monoisotopic (exact) mass is 465 g/mol. The van der Waals surface area contributed by atoms with Gasteiger partial charge in [0.05, 0.1) is 12.2 Å². The molecule has 0 bridgehead atoms. The molecule has 3 nitrogen and oxygen atoms in total. The molecule has 0 aliphatic heterocycles. The SMILES string of the molecule is CCCCCCCCOc1ccc(-c2ccc(OC(=O)c3cccc([C]4[CH][CH][CH][CH]4)c3)cc2)cc1. The van der Waals surface area contributed by atoms with Crippen LogP contribution in [-0.2, 0) is 0 Å². The van der Waals surface area contributed by atoms with Gasteiger partial charge in [-0.15, -0.1) is 0 Å². The minimum absolute atomic E-state index is 0.363. The molecule has 0 atom stereocenters. The number of benzene rings is 3. The highest BCUT2D eigenvalue weighted by atomic mass is 16.5. The topological polar surface area (TPSA) is 35.5 Å². The van der Waals surface area contributed by atoms with Gasteiger partial charge >= 0.3 is 5.97 Å². The molecule has 1 aliphatic carbocycles. The van der Waals surface area contributed by atoms with Gasteiger partial charge in [0.15, 0.2) is 0 Å². The Morgan fingerprint density at radius 3 is 2.00 bits per heavy atom. The summed E-state index contributed by atoms with van der Waals surface area (Å²) >= 11 is 0. The minimum atomic E-state index is -0.363. The van der Waals surface area contributed by atoms with Gasteiger partial charge in [-0.3, -0.25) is 0 Å². The fourth-order valence-corrected chi connectivity index (χ4v) is 4.09. The van der Waals surface area contributed by atoms with Crippen molar-refractivity contribution in [2.75, 3.05) is 6.61 Å². The third-order valence-electron chi connectivity index (χ3n) is 6.11. The quantitative estimate of drug-likeness (QED) is 0.154. The van der Waals surface area contributed by atoms with Gasteiger partial charge in [-0.1, -0.05) is 75.4 Å². The Morgan fingerprint density at radius 1 is 0.686 bits per heavy atom. The molecule has 4 rings (SSSR count). The zero-order valence-corrected chi connectivity index (χ0v) is 20.4. The zero-order valence-electron chi connectivity index (χ0n) is 20.4. The summed E-state index contributed by atoms with van der Waals surface area (Å²) in [6.07, 6.45) is 15.6. The van der Waals surface area contributed by atoms with E-state index >= 15 is 0 Å². The minimum Gasteiger partial charge on any atom is -0.494 e. The number of ether oxygens (including phenoxy) is 2. The smallest absolute Gasteiger partial charge is 0.343 e. The first-order chi connectivity index (χ1) is 17.2. The number of hydrogen-bond acceptors (Lipinski definition) is 3. The Bertz CT molecular complexity index is 1050. The molecule has 3 aromatic carbocycles. The standard InChI is InChI=1S/C32H33O3/c1-2-3-4-5-6-9-23-34-30-19-15-26(16-20-30)27-17-21-31(22-18-27)35-32(33)29-14-10-13-28(24-29)25-11-7-8-12-25/h7-8,10-22,24H,2-6,9,23H2,1H3. The average Bonchev–Trinajstić information content (AvgIpc) is 3.44. The maximum Gasteiger partial charge on any atom is 0.343 e. The second-order valence-electron chi connectivity index (χ2n) is 8.81. The van der Waals surface area contributed by atoms with Crippen molar-refractivity contribution < 1.29 is 14.3 Å². The first-order valence-electron chi connectivity index (χ1n) is 12.6. The van der Waals surface area contributed by atoms with Crippen molar-refractivity contribution in [1.29, 1.82) is 0 Å². The molecule has 1 aliphatic rings. The van der Waals surface area contributed by atoms with E-state index in [4.69, 9.17) is 9.47 Å². The fraction of sp³-hybridized carbons (Fsp3) is 0.250. The van der Waals surface area contributed by atoms with Gasteiger partial charge in [0, 0.05) is 5.92 Å². The highest BCUT2D eigenvalue weighted by Gasteiger charge is 2.20. The summed E-state index contributed by atoms with van der Waals surface area (Å²) in [5, 5.41) is 0. The van der Waals surface area contributed by atoms with Crippen LogP contribution in [0.2, 0.25) is 0 Å². The number of esters is 1. The van der Waals surface area contributed by atoms with Crippen molar-refractivity contribution >= 4 is 5.97 Å². The summed E-state index contributed by atoms with van der Waals surface area (Å²) in [5.41, 5.74) is 3.69. The molecule has 179 valence electrons. The number of rotatable bonds is 12. The Kier molecular flexibility index (Phi) is 9.39. The highest BCUT2D eigenvalue weighted by Crippen LogP contribution is 2.31. The summed E-state index contributed by atoms with van der Waals surface area (Å²) in [7, 11) is 0. The third kappa shape index (κ3) is 7.45. The predicted molar refractivity (Wildman–Crippen MR) is 142 cm³/mol. The van der Waals surface area contributed by atoms with Gasteiger partial charge in [0.2, 0.25) is 0 Å². The first-order valence-corrected chi connectivity index (χ1v) is 12.6. The van der Waals surface area contributed by atoms with E-state index in [2.05, 4.69) is 19.1 Å². The third-order valence-corrected chi connectivity index (χ3v) is 6.11. The fourth-order valence-electron chi connectivity index (χ4n) is 4.09. The van der Waals surface area contributed by atoms with Gasteiger partial charge < -0.3 is 9.47 Å². The van der Waals surface area contributed by atoms with Gasteiger partial charge in [0.25, 0.3) is 0 Å². The predicted octanol–water partition coefficient (Wildman–Crippen LogP) is 8.07. The number of carbonyl (C=O) groups excluding carboxylic acids is 1. The second-order valence-corrected chi connectivity index (χ2v) is 8.81. The van der Waals surface area contributed by atoms with Crippen LogP contribution >= 0.6 is 0 Å². The summed E-state index contributed by atoms with van der Waals surface area (Å²) in [5.74, 6) is 2.15. The van der Waals surface area contributed by atoms with E-state index in [1.165, 1.54) is 32.1 Å². The Labute approximate surface area is 210 Å². The van der Waals surface area contributed by atoms with Crippen molar-refractivity contribution in [1.82, 2.24) is 0 Å². The summed E-state index contributed by atoms with van der Waals surface area (Å²) in [6.45, 7) is 3.00. The van der Waals surface area contributed by atoms with Crippen LogP contribution < -0.4 is 9.47 Å². The first kappa shape index (κ1) is 25.0. The molecule has 0 saturated heterocycles. The summed E-state index contributed by atoms with van der Waals surface area (Å²) in [4.78, 5) is 12.7. The van der Waals surface area contributed by atoms with Gasteiger partial charge in [-0.25, -0.2) is 4.79 Å². The van der Waals surface area contributed by atoms with Crippen LogP contribution in [-0.4, -0.2) is 12.6 Å². The van der Waals surface area contributed by atoms with Gasteiger partial charge in [-0.2, -0.15) is 0 Å². The van der Waals surface area contributed by atoms with Gasteiger partial charge in [0.1, 0.15) is 11.5 Å². The van der Waals surface area contributed by atoms with Crippen molar-refractivity contribution in [3.8, 4) is 22.6 Å². The largest absolute Gasteiger partial charge is 0.494 e. The van der Waals surface area contributed by atoms with Gasteiger partial charge in [-0.05, 0) is 85.2 Å². The maximum atomic E-state index is 12.7. The van der Waals surface area contributed by atoms with Crippen LogP contribution in [0.3, 0.4) is 0 Å². The maximum absolute atomic E-state index is 12.7. The van der Waals surface area contributed by atoms with Crippen molar-refractivity contribution in [3.63, 3.8) is 0 Å². The Morgan fingerprint density at radius 2 is 1.31 bits per heavy atom. The molecule has 0 unspecified atom stereocenters. The molecule has 1 saturated carbocycles. The number of unbranched alkanes of at least 4 members (excludes halogenated alkanes) is 5. The molecule has 5 radical (unpaired) electrons. The van der Waals surface area contributed by atoms with E-state index < -0.39 is 0 Å². The van der Waals surface area contributed by atoms with E-state index in [0.717, 1.165) is 41.4 Å².